The van der Waals surface area contributed by atoms with Gasteiger partial charge in [-0.05, 0) is 0 Å². The predicted octanol–water partition coefficient (Wildman–Crippen LogP) is 2.47. The molecule has 0 aliphatic heterocycles. The van der Waals surface area contributed by atoms with Gasteiger partial charge in [-0.3, -0.25) is 0 Å². The summed E-state index contributed by atoms with van der Waals surface area (Å²) in [5.41, 5.74) is 6.79. The molecule has 3 N–H and O–H groups in total. The molecule has 100 valence electrons. The van der Waals surface area contributed by atoms with Gasteiger partial charge >= 0.3 is 0 Å². The highest BCUT2D eigenvalue weighted by Crippen LogP contribution is 2.30. The summed E-state index contributed by atoms with van der Waals surface area (Å²) >= 11 is 5.83. The Morgan fingerprint density at radius 2 is 1.74 bits per heavy atom. The number of anilines is 3. The summed E-state index contributed by atoms with van der Waals surface area (Å²) in [7, 11) is 3.16. The Hall–Kier alpha value is -2.21. The molecule has 0 atom stereocenters. The molecule has 0 fully saturated rings. The topological polar surface area (TPSA) is 82.3 Å². The molecule has 7 heteroatoms. The van der Waals surface area contributed by atoms with Crippen molar-refractivity contribution in [3.63, 3.8) is 0 Å². The first-order valence-electron chi connectivity index (χ1n) is 5.40. The Bertz CT molecular complexity index is 570. The molecular formula is C12H13ClN4O2. The van der Waals surface area contributed by atoms with Crippen molar-refractivity contribution in [1.82, 2.24) is 9.97 Å². The number of aromatic nitrogens is 2. The fourth-order valence-electron chi connectivity index (χ4n) is 1.49. The lowest BCUT2D eigenvalue weighted by Crippen LogP contribution is -2.01. The molecule has 0 unspecified atom stereocenters. The van der Waals surface area contributed by atoms with Crippen LogP contribution in [0.25, 0.3) is 0 Å². The third-order valence-electron chi connectivity index (χ3n) is 2.45. The Morgan fingerprint density at radius 1 is 1.11 bits per heavy atom. The highest BCUT2D eigenvalue weighted by atomic mass is 35.5. The van der Waals surface area contributed by atoms with Crippen LogP contribution >= 0.6 is 11.6 Å². The van der Waals surface area contributed by atoms with Crippen LogP contribution < -0.4 is 20.5 Å². The number of nitrogen functional groups attached to an aromatic ring is 1. The third kappa shape index (κ3) is 2.97. The summed E-state index contributed by atoms with van der Waals surface area (Å²) in [6, 6.07) is 5.34. The van der Waals surface area contributed by atoms with E-state index in [0.29, 0.717) is 17.3 Å². The first-order chi connectivity index (χ1) is 9.13. The molecule has 0 bridgehead atoms. The van der Waals surface area contributed by atoms with Crippen LogP contribution in [0.4, 0.5) is 17.2 Å². The van der Waals surface area contributed by atoms with Gasteiger partial charge in [-0.15, -0.1) is 0 Å². The largest absolute Gasteiger partial charge is 0.497 e. The van der Waals surface area contributed by atoms with Gasteiger partial charge in [0.1, 0.15) is 23.5 Å². The second-order valence-electron chi connectivity index (χ2n) is 3.65. The molecule has 2 rings (SSSR count). The number of methoxy groups -OCH3 is 2. The molecule has 0 spiro atoms. The molecule has 1 aromatic carbocycles. The molecule has 0 aliphatic rings. The van der Waals surface area contributed by atoms with E-state index in [0.717, 1.165) is 5.69 Å². The van der Waals surface area contributed by atoms with Gasteiger partial charge in [0.05, 0.1) is 14.2 Å². The van der Waals surface area contributed by atoms with E-state index in [-0.39, 0.29) is 10.8 Å². The highest BCUT2D eigenvalue weighted by Gasteiger charge is 2.08. The maximum atomic E-state index is 5.83. The van der Waals surface area contributed by atoms with Gasteiger partial charge in [0, 0.05) is 23.9 Å². The minimum Gasteiger partial charge on any atom is -0.497 e. The summed E-state index contributed by atoms with van der Waals surface area (Å²) in [5.74, 6) is 1.73. The van der Waals surface area contributed by atoms with Gasteiger partial charge in [0.25, 0.3) is 0 Å². The van der Waals surface area contributed by atoms with Crippen LogP contribution in [0.5, 0.6) is 11.5 Å². The molecule has 0 amide bonds. The van der Waals surface area contributed by atoms with Crippen molar-refractivity contribution < 1.29 is 9.47 Å². The fraction of sp³-hybridized carbons (Fsp3) is 0.167. The number of nitrogens with one attached hydrogen (secondary N) is 1. The summed E-state index contributed by atoms with van der Waals surface area (Å²) in [5, 5.41) is 3.24. The van der Waals surface area contributed by atoms with Gasteiger partial charge in [-0.1, -0.05) is 11.6 Å². The number of hydrogen-bond donors (Lipinski definition) is 2. The van der Waals surface area contributed by atoms with Crippen LogP contribution in [0, 0.1) is 0 Å². The molecule has 1 aromatic heterocycles. The second-order valence-corrected chi connectivity index (χ2v) is 4.01. The average molecular weight is 281 g/mol. The number of rotatable bonds is 4. The molecule has 6 nitrogen and oxygen atoms in total. The van der Waals surface area contributed by atoms with Crippen LogP contribution in [-0.4, -0.2) is 24.2 Å². The molecule has 2 aromatic rings. The van der Waals surface area contributed by atoms with E-state index >= 15 is 0 Å². The zero-order valence-corrected chi connectivity index (χ0v) is 11.2. The normalized spacial score (nSPS) is 10.1. The number of ether oxygens (including phenoxy) is 2. The predicted molar refractivity (Wildman–Crippen MR) is 74.3 cm³/mol. The minimum atomic E-state index is 0.201. The van der Waals surface area contributed by atoms with E-state index in [4.69, 9.17) is 26.8 Å². The molecule has 0 radical (unpaired) electrons. The molecule has 0 saturated carbocycles. The first kappa shape index (κ1) is 13.2. The molecule has 0 saturated heterocycles. The fourth-order valence-corrected chi connectivity index (χ4v) is 1.62. The highest BCUT2D eigenvalue weighted by molar-refractivity contribution is 6.32. The van der Waals surface area contributed by atoms with E-state index in [1.54, 1.807) is 32.4 Å². The van der Waals surface area contributed by atoms with E-state index < -0.39 is 0 Å². The zero-order chi connectivity index (χ0) is 13.8. The first-order valence-corrected chi connectivity index (χ1v) is 5.78. The van der Waals surface area contributed by atoms with Gasteiger partial charge in [0.15, 0.2) is 11.0 Å². The lowest BCUT2D eigenvalue weighted by Gasteiger charge is -2.11. The number of hydrogen-bond acceptors (Lipinski definition) is 6. The van der Waals surface area contributed by atoms with Gasteiger partial charge in [0.2, 0.25) is 0 Å². The van der Waals surface area contributed by atoms with E-state index in [1.165, 1.54) is 6.33 Å². The minimum absolute atomic E-state index is 0.201. The van der Waals surface area contributed by atoms with Crippen molar-refractivity contribution in [3.05, 3.63) is 29.7 Å². The van der Waals surface area contributed by atoms with Crippen molar-refractivity contribution in [2.24, 2.45) is 0 Å². The molecular weight excluding hydrogens is 268 g/mol. The number of benzene rings is 1. The monoisotopic (exact) mass is 280 g/mol. The average Bonchev–Trinajstić information content (AvgIpc) is 2.43. The van der Waals surface area contributed by atoms with Crippen molar-refractivity contribution in [2.45, 2.75) is 0 Å². The Labute approximate surface area is 115 Å². The van der Waals surface area contributed by atoms with E-state index in [2.05, 4.69) is 15.3 Å². The van der Waals surface area contributed by atoms with Gasteiger partial charge in [-0.25, -0.2) is 9.97 Å². The molecule has 1 heterocycles. The molecule has 0 aliphatic carbocycles. The number of halogens is 1. The quantitative estimate of drug-likeness (QED) is 0.837. The number of nitrogens with two attached hydrogens (primary N) is 1. The smallest absolute Gasteiger partial charge is 0.158 e. The number of nitrogens with zero attached hydrogens (tertiary/aromatic N) is 2. The van der Waals surface area contributed by atoms with Crippen molar-refractivity contribution >= 4 is 28.8 Å². The van der Waals surface area contributed by atoms with E-state index in [9.17, 15) is 0 Å². The van der Waals surface area contributed by atoms with Crippen LogP contribution in [-0.2, 0) is 0 Å². The standard InChI is InChI=1S/C12H13ClN4O2/c1-18-8-3-7(4-9(5-8)19-2)17-12-10(14)11(13)15-6-16-12/h3-6H,14H2,1-2H3,(H,15,16,17). The maximum Gasteiger partial charge on any atom is 0.158 e. The van der Waals surface area contributed by atoms with Gasteiger partial charge < -0.3 is 20.5 Å². The Morgan fingerprint density at radius 3 is 2.32 bits per heavy atom. The SMILES string of the molecule is COc1cc(Nc2ncnc(Cl)c2N)cc(OC)c1. The van der Waals surface area contributed by atoms with E-state index in [1.807, 2.05) is 0 Å². The van der Waals surface area contributed by atoms with Crippen molar-refractivity contribution in [3.8, 4) is 11.5 Å². The lowest BCUT2D eigenvalue weighted by molar-refractivity contribution is 0.395. The van der Waals surface area contributed by atoms with Crippen molar-refractivity contribution in [2.75, 3.05) is 25.3 Å². The Balaban J connectivity index is 2.34. The van der Waals surface area contributed by atoms with Crippen molar-refractivity contribution in [1.29, 1.82) is 0 Å². The van der Waals surface area contributed by atoms with Gasteiger partial charge in [-0.2, -0.15) is 0 Å². The Kier molecular flexibility index (Phi) is 3.91. The van der Waals surface area contributed by atoms with Crippen LogP contribution in [0.15, 0.2) is 24.5 Å². The van der Waals surface area contributed by atoms with Crippen LogP contribution in [0.3, 0.4) is 0 Å². The summed E-state index contributed by atoms with van der Waals surface area (Å²) in [6.07, 6.45) is 1.33. The lowest BCUT2D eigenvalue weighted by atomic mass is 10.2. The maximum absolute atomic E-state index is 5.83. The third-order valence-corrected chi connectivity index (χ3v) is 2.75. The zero-order valence-electron chi connectivity index (χ0n) is 10.5. The molecule has 19 heavy (non-hydrogen) atoms. The second kappa shape index (κ2) is 5.62. The summed E-state index contributed by atoms with van der Waals surface area (Å²) < 4.78 is 10.4. The summed E-state index contributed by atoms with van der Waals surface area (Å²) in [6.45, 7) is 0. The van der Waals surface area contributed by atoms with Crippen LogP contribution in [0.2, 0.25) is 5.15 Å². The van der Waals surface area contributed by atoms with Crippen LogP contribution in [0.1, 0.15) is 0 Å². The summed E-state index contributed by atoms with van der Waals surface area (Å²) in [4.78, 5) is 7.82.